The molecule has 132 valence electrons. The third-order valence-corrected chi connectivity index (χ3v) is 4.18. The zero-order chi connectivity index (χ0) is 18.0. The molecule has 0 spiro atoms. The molecule has 0 saturated carbocycles. The van der Waals surface area contributed by atoms with Gasteiger partial charge in [-0.05, 0) is 32.3 Å². The van der Waals surface area contributed by atoms with Crippen molar-refractivity contribution in [3.05, 3.63) is 45.7 Å². The van der Waals surface area contributed by atoms with E-state index < -0.39 is 11.5 Å². The molecule has 0 aliphatic carbocycles. The third-order valence-electron chi connectivity index (χ3n) is 4.18. The van der Waals surface area contributed by atoms with Crippen LogP contribution in [0.3, 0.4) is 0 Å². The summed E-state index contributed by atoms with van der Waals surface area (Å²) in [7, 11) is 1.55. The molecule has 2 amide bonds. The van der Waals surface area contributed by atoms with Crippen molar-refractivity contribution in [3.8, 4) is 0 Å². The summed E-state index contributed by atoms with van der Waals surface area (Å²) in [5.74, 6) is -0.202. The molecule has 0 bridgehead atoms. The van der Waals surface area contributed by atoms with Crippen LogP contribution in [0, 0.1) is 6.92 Å². The maximum Gasteiger partial charge on any atom is 0.278 e. The van der Waals surface area contributed by atoms with E-state index in [1.165, 1.54) is 22.9 Å². The monoisotopic (exact) mass is 344 g/mol. The quantitative estimate of drug-likeness (QED) is 0.911. The minimum Gasteiger partial charge on any atom is -0.361 e. The van der Waals surface area contributed by atoms with Gasteiger partial charge in [0.15, 0.2) is 5.69 Å². The van der Waals surface area contributed by atoms with E-state index in [9.17, 15) is 14.4 Å². The van der Waals surface area contributed by atoms with E-state index in [-0.39, 0.29) is 17.3 Å². The smallest absolute Gasteiger partial charge is 0.278 e. The van der Waals surface area contributed by atoms with Gasteiger partial charge < -0.3 is 19.3 Å². The van der Waals surface area contributed by atoms with Gasteiger partial charge >= 0.3 is 0 Å². The molecule has 0 aromatic carbocycles. The number of amides is 2. The van der Waals surface area contributed by atoms with E-state index in [1.807, 2.05) is 0 Å². The lowest BCUT2D eigenvalue weighted by atomic mass is 10.1. The molecule has 3 heterocycles. The van der Waals surface area contributed by atoms with Crippen LogP contribution in [0.25, 0.3) is 0 Å². The second-order valence-electron chi connectivity index (χ2n) is 6.19. The number of piperidine rings is 1. The first kappa shape index (κ1) is 16.9. The number of rotatable bonds is 3. The first-order valence-electron chi connectivity index (χ1n) is 8.20. The van der Waals surface area contributed by atoms with Crippen molar-refractivity contribution < 1.29 is 14.1 Å². The highest BCUT2D eigenvalue weighted by Gasteiger charge is 2.21. The van der Waals surface area contributed by atoms with E-state index >= 15 is 0 Å². The van der Waals surface area contributed by atoms with Gasteiger partial charge in [-0.3, -0.25) is 14.4 Å². The normalized spacial score (nSPS) is 14.4. The average molecular weight is 344 g/mol. The van der Waals surface area contributed by atoms with E-state index in [2.05, 4.69) is 10.5 Å². The van der Waals surface area contributed by atoms with Gasteiger partial charge in [-0.1, -0.05) is 5.16 Å². The van der Waals surface area contributed by atoms with Gasteiger partial charge in [0.25, 0.3) is 17.4 Å². The molecule has 1 aliphatic heterocycles. The minimum atomic E-state index is -0.559. The highest BCUT2D eigenvalue weighted by atomic mass is 16.5. The highest BCUT2D eigenvalue weighted by Crippen LogP contribution is 2.15. The fourth-order valence-electron chi connectivity index (χ4n) is 2.86. The van der Waals surface area contributed by atoms with Crippen LogP contribution in [0.1, 0.15) is 45.9 Å². The average Bonchev–Trinajstić information content (AvgIpc) is 3.05. The van der Waals surface area contributed by atoms with Gasteiger partial charge in [0.1, 0.15) is 11.4 Å². The minimum absolute atomic E-state index is 0.0380. The summed E-state index contributed by atoms with van der Waals surface area (Å²) in [5, 5.41) is 6.14. The molecule has 8 nitrogen and oxygen atoms in total. The molecular formula is C17H20N4O4. The lowest BCUT2D eigenvalue weighted by molar-refractivity contribution is 0.0723. The number of pyridine rings is 1. The van der Waals surface area contributed by atoms with Crippen molar-refractivity contribution in [1.82, 2.24) is 14.6 Å². The number of likely N-dealkylation sites (tertiary alicyclic amines) is 1. The third kappa shape index (κ3) is 3.62. The fourth-order valence-corrected chi connectivity index (χ4v) is 2.86. The van der Waals surface area contributed by atoms with Crippen LogP contribution in [0.4, 0.5) is 5.69 Å². The molecule has 3 rings (SSSR count). The largest absolute Gasteiger partial charge is 0.361 e. The van der Waals surface area contributed by atoms with E-state index in [0.29, 0.717) is 24.4 Å². The lowest BCUT2D eigenvalue weighted by Gasteiger charge is -2.27. The van der Waals surface area contributed by atoms with Crippen LogP contribution in [-0.2, 0) is 7.05 Å². The van der Waals surface area contributed by atoms with Crippen molar-refractivity contribution in [3.63, 3.8) is 0 Å². The predicted molar refractivity (Wildman–Crippen MR) is 90.6 cm³/mol. The topological polar surface area (TPSA) is 97.4 Å². The molecule has 1 aliphatic rings. The fraction of sp³-hybridized carbons (Fsp3) is 0.412. The number of nitrogens with one attached hydrogen (secondary N) is 1. The van der Waals surface area contributed by atoms with Crippen LogP contribution in [-0.4, -0.2) is 39.5 Å². The maximum atomic E-state index is 12.6. The molecule has 2 aromatic heterocycles. The second-order valence-corrected chi connectivity index (χ2v) is 6.19. The number of hydrogen-bond acceptors (Lipinski definition) is 5. The Kier molecular flexibility index (Phi) is 4.69. The van der Waals surface area contributed by atoms with Gasteiger partial charge in [0.05, 0.1) is 5.56 Å². The van der Waals surface area contributed by atoms with Crippen LogP contribution < -0.4 is 10.9 Å². The Morgan fingerprint density at radius 2 is 1.92 bits per heavy atom. The maximum absolute atomic E-state index is 12.6. The zero-order valence-corrected chi connectivity index (χ0v) is 14.2. The van der Waals surface area contributed by atoms with Crippen molar-refractivity contribution >= 4 is 17.5 Å². The number of carbonyl (C=O) groups excluding carboxylic acids is 2. The van der Waals surface area contributed by atoms with Crippen LogP contribution in [0.15, 0.2) is 27.6 Å². The second kappa shape index (κ2) is 6.92. The highest BCUT2D eigenvalue weighted by molar-refractivity contribution is 6.03. The molecule has 2 aromatic rings. The molecular weight excluding hydrogens is 324 g/mol. The van der Waals surface area contributed by atoms with Crippen LogP contribution in [0.2, 0.25) is 0 Å². The van der Waals surface area contributed by atoms with Crippen molar-refractivity contribution in [2.45, 2.75) is 26.2 Å². The molecule has 0 radical (unpaired) electrons. The van der Waals surface area contributed by atoms with Crippen LogP contribution in [0.5, 0.6) is 0 Å². The molecule has 8 heteroatoms. The Morgan fingerprint density at radius 3 is 2.56 bits per heavy atom. The molecule has 1 saturated heterocycles. The standard InChI is InChI=1S/C17H20N4O4/c1-11-8-13(19-25-11)15(22)18-14-9-12(10-20(2)17(14)24)16(23)21-6-4-3-5-7-21/h8-10H,3-7H2,1-2H3,(H,18,22). The summed E-state index contributed by atoms with van der Waals surface area (Å²) < 4.78 is 6.16. The van der Waals surface area contributed by atoms with Gasteiger partial charge in [0.2, 0.25) is 0 Å². The number of carbonyl (C=O) groups is 2. The van der Waals surface area contributed by atoms with Gasteiger partial charge in [0, 0.05) is 32.4 Å². The van der Waals surface area contributed by atoms with E-state index in [4.69, 9.17) is 4.52 Å². The first-order chi connectivity index (χ1) is 12.0. The van der Waals surface area contributed by atoms with Gasteiger partial charge in [-0.25, -0.2) is 0 Å². The lowest BCUT2D eigenvalue weighted by Crippen LogP contribution is -2.36. The Morgan fingerprint density at radius 1 is 1.20 bits per heavy atom. The molecule has 0 unspecified atom stereocenters. The Balaban J connectivity index is 1.86. The summed E-state index contributed by atoms with van der Waals surface area (Å²) in [5.41, 5.74) is 0.0859. The van der Waals surface area contributed by atoms with Gasteiger partial charge in [-0.2, -0.15) is 0 Å². The number of aromatic nitrogens is 2. The summed E-state index contributed by atoms with van der Waals surface area (Å²) in [6.45, 7) is 3.09. The Labute approximate surface area is 144 Å². The number of hydrogen-bond donors (Lipinski definition) is 1. The van der Waals surface area contributed by atoms with E-state index in [0.717, 1.165) is 19.3 Å². The Hall–Kier alpha value is -2.90. The number of anilines is 1. The number of aryl methyl sites for hydroxylation is 2. The molecule has 0 atom stereocenters. The first-order valence-corrected chi connectivity index (χ1v) is 8.20. The predicted octanol–water partition coefficient (Wildman–Crippen LogP) is 1.56. The molecule has 25 heavy (non-hydrogen) atoms. The SMILES string of the molecule is Cc1cc(C(=O)Nc2cc(C(=O)N3CCCCC3)cn(C)c2=O)no1. The van der Waals surface area contributed by atoms with Crippen LogP contribution >= 0.6 is 0 Å². The van der Waals surface area contributed by atoms with Crippen molar-refractivity contribution in [2.24, 2.45) is 7.05 Å². The summed E-state index contributed by atoms with van der Waals surface area (Å²) in [6.07, 6.45) is 4.57. The van der Waals surface area contributed by atoms with Crippen molar-refractivity contribution in [2.75, 3.05) is 18.4 Å². The van der Waals surface area contributed by atoms with Gasteiger partial charge in [-0.15, -0.1) is 0 Å². The van der Waals surface area contributed by atoms with Crippen molar-refractivity contribution in [1.29, 1.82) is 0 Å². The Bertz CT molecular complexity index is 862. The summed E-state index contributed by atoms with van der Waals surface area (Å²) in [6, 6.07) is 2.90. The summed E-state index contributed by atoms with van der Waals surface area (Å²) in [4.78, 5) is 38.9. The zero-order valence-electron chi connectivity index (χ0n) is 14.2. The van der Waals surface area contributed by atoms with E-state index in [1.54, 1.807) is 18.9 Å². The molecule has 1 fully saturated rings. The summed E-state index contributed by atoms with van der Waals surface area (Å²) >= 11 is 0. The molecule has 1 N–H and O–H groups in total. The number of nitrogens with zero attached hydrogens (tertiary/aromatic N) is 3.